The molecule has 1 aliphatic heterocycles. The van der Waals surface area contributed by atoms with Crippen molar-refractivity contribution in [3.05, 3.63) is 59.7 Å². The van der Waals surface area contributed by atoms with Gasteiger partial charge in [0.1, 0.15) is 5.75 Å². The van der Waals surface area contributed by atoms with Gasteiger partial charge in [0.2, 0.25) is 10.0 Å². The first-order valence-corrected chi connectivity index (χ1v) is 11.1. The Balaban J connectivity index is 1.57. The number of carbonyl (C=O) groups excluding carboxylic acids is 1. The van der Waals surface area contributed by atoms with Crippen molar-refractivity contribution in [1.29, 1.82) is 0 Å². The lowest BCUT2D eigenvalue weighted by molar-refractivity contribution is 0.0730. The van der Waals surface area contributed by atoms with Gasteiger partial charge in [0.05, 0.1) is 30.3 Å². The molecule has 0 saturated carbocycles. The van der Waals surface area contributed by atoms with Gasteiger partial charge < -0.3 is 14.8 Å². The minimum Gasteiger partial charge on any atom is -0.494 e. The van der Waals surface area contributed by atoms with Gasteiger partial charge in [-0.25, -0.2) is 8.42 Å². The van der Waals surface area contributed by atoms with Gasteiger partial charge in [-0.2, -0.15) is 4.31 Å². The molecule has 0 unspecified atom stereocenters. The molecule has 3 rings (SSSR count). The fraction of sp³-hybridized carbons (Fsp3) is 0.381. The number of rotatable bonds is 8. The summed E-state index contributed by atoms with van der Waals surface area (Å²) in [7, 11) is -3.75. The number of hydrogen-bond donors (Lipinski definition) is 1. The Morgan fingerprint density at radius 3 is 2.66 bits per heavy atom. The molecule has 29 heavy (non-hydrogen) atoms. The van der Waals surface area contributed by atoms with Crippen LogP contribution in [0.5, 0.6) is 5.75 Å². The maximum Gasteiger partial charge on any atom is 0.252 e. The molecular formula is C21H26N2O5S. The molecule has 0 atom stereocenters. The summed E-state index contributed by atoms with van der Waals surface area (Å²) in [5.41, 5.74) is 1.27. The van der Waals surface area contributed by atoms with E-state index in [1.807, 2.05) is 31.2 Å². The van der Waals surface area contributed by atoms with Crippen molar-refractivity contribution in [3.8, 4) is 5.75 Å². The van der Waals surface area contributed by atoms with Crippen LogP contribution in [0, 0.1) is 6.92 Å². The van der Waals surface area contributed by atoms with Crippen LogP contribution in [0.3, 0.4) is 0 Å². The van der Waals surface area contributed by atoms with Crippen molar-refractivity contribution < 1.29 is 22.7 Å². The predicted octanol–water partition coefficient (Wildman–Crippen LogP) is 2.21. The van der Waals surface area contributed by atoms with E-state index in [9.17, 15) is 13.2 Å². The number of sulfonamides is 1. The van der Waals surface area contributed by atoms with Crippen LogP contribution in [-0.2, 0) is 14.8 Å². The number of nitrogens with zero attached hydrogens (tertiary/aromatic N) is 1. The van der Waals surface area contributed by atoms with E-state index in [1.54, 1.807) is 12.1 Å². The number of carbonyl (C=O) groups is 1. The predicted molar refractivity (Wildman–Crippen MR) is 110 cm³/mol. The summed E-state index contributed by atoms with van der Waals surface area (Å²) in [5, 5.41) is 2.79. The molecule has 156 valence electrons. The number of ether oxygens (including phenoxy) is 2. The summed E-state index contributed by atoms with van der Waals surface area (Å²) in [6, 6.07) is 14.1. The maximum atomic E-state index is 12.9. The molecule has 0 spiro atoms. The molecule has 1 fully saturated rings. The van der Waals surface area contributed by atoms with E-state index in [-0.39, 0.29) is 23.5 Å². The highest BCUT2D eigenvalue weighted by molar-refractivity contribution is 7.89. The zero-order valence-electron chi connectivity index (χ0n) is 16.5. The Kier molecular flexibility index (Phi) is 7.24. The zero-order chi connectivity index (χ0) is 20.7. The molecule has 1 N–H and O–H groups in total. The molecule has 1 amide bonds. The second kappa shape index (κ2) is 9.87. The lowest BCUT2D eigenvalue weighted by atomic mass is 10.2. The highest BCUT2D eigenvalue weighted by Crippen LogP contribution is 2.21. The van der Waals surface area contributed by atoms with Crippen molar-refractivity contribution in [2.45, 2.75) is 18.2 Å². The average Bonchev–Trinajstić information content (AvgIpc) is 2.74. The lowest BCUT2D eigenvalue weighted by Gasteiger charge is -2.26. The third-order valence-corrected chi connectivity index (χ3v) is 6.54. The largest absolute Gasteiger partial charge is 0.494 e. The Labute approximate surface area is 171 Å². The smallest absolute Gasteiger partial charge is 0.252 e. The maximum absolute atomic E-state index is 12.9. The summed E-state index contributed by atoms with van der Waals surface area (Å²) in [4.78, 5) is 12.6. The first-order valence-electron chi connectivity index (χ1n) is 9.63. The van der Waals surface area contributed by atoms with Crippen LogP contribution in [0.15, 0.2) is 53.4 Å². The molecule has 2 aromatic carbocycles. The first-order chi connectivity index (χ1) is 14.0. The second-order valence-electron chi connectivity index (χ2n) is 6.79. The van der Waals surface area contributed by atoms with Crippen molar-refractivity contribution in [1.82, 2.24) is 9.62 Å². The molecule has 7 nitrogen and oxygen atoms in total. The monoisotopic (exact) mass is 418 g/mol. The summed E-state index contributed by atoms with van der Waals surface area (Å²) in [6.45, 7) is 4.12. The zero-order valence-corrected chi connectivity index (χ0v) is 17.3. The van der Waals surface area contributed by atoms with Crippen LogP contribution in [0.2, 0.25) is 0 Å². The van der Waals surface area contributed by atoms with Crippen LogP contribution in [0.4, 0.5) is 0 Å². The van der Waals surface area contributed by atoms with Crippen molar-refractivity contribution in [2.75, 3.05) is 39.5 Å². The lowest BCUT2D eigenvalue weighted by Crippen LogP contribution is -2.41. The van der Waals surface area contributed by atoms with Gasteiger partial charge in [-0.1, -0.05) is 24.3 Å². The number of aryl methyl sites for hydroxylation is 1. The van der Waals surface area contributed by atoms with Gasteiger partial charge in [0, 0.05) is 19.6 Å². The van der Waals surface area contributed by atoms with Gasteiger partial charge in [-0.3, -0.25) is 4.79 Å². The van der Waals surface area contributed by atoms with E-state index in [4.69, 9.17) is 9.47 Å². The van der Waals surface area contributed by atoms with Crippen LogP contribution < -0.4 is 10.1 Å². The molecular weight excluding hydrogens is 392 g/mol. The van der Waals surface area contributed by atoms with Gasteiger partial charge in [0.25, 0.3) is 5.91 Å². The summed E-state index contributed by atoms with van der Waals surface area (Å²) < 4.78 is 38.1. The van der Waals surface area contributed by atoms with Crippen molar-refractivity contribution in [3.63, 3.8) is 0 Å². The van der Waals surface area contributed by atoms with E-state index in [2.05, 4.69) is 5.32 Å². The van der Waals surface area contributed by atoms with Crippen LogP contribution in [-0.4, -0.2) is 58.1 Å². The number of nitrogens with one attached hydrogen (secondary N) is 1. The summed E-state index contributed by atoms with van der Waals surface area (Å²) in [6.07, 6.45) is 0.609. The summed E-state index contributed by atoms with van der Waals surface area (Å²) >= 11 is 0. The number of benzene rings is 2. The molecule has 0 aliphatic carbocycles. The second-order valence-corrected chi connectivity index (χ2v) is 8.69. The van der Waals surface area contributed by atoms with E-state index in [1.165, 1.54) is 16.4 Å². The van der Waals surface area contributed by atoms with Crippen molar-refractivity contribution in [2.24, 2.45) is 0 Å². The Bertz CT molecular complexity index is 940. The highest BCUT2D eigenvalue weighted by Gasteiger charge is 2.29. The SMILES string of the molecule is Cc1cccc(OCCCNC(=O)c2ccccc2S(=O)(=O)N2CCOCC2)c1. The number of morpholine rings is 1. The molecule has 2 aromatic rings. The minimum atomic E-state index is -3.75. The third kappa shape index (κ3) is 5.56. The molecule has 1 heterocycles. The Morgan fingerprint density at radius 2 is 1.90 bits per heavy atom. The minimum absolute atomic E-state index is 0.0235. The van der Waals surface area contributed by atoms with Crippen molar-refractivity contribution >= 4 is 15.9 Å². The third-order valence-electron chi connectivity index (χ3n) is 4.58. The Hall–Kier alpha value is -2.42. The van der Waals surface area contributed by atoms with Crippen LogP contribution in [0.1, 0.15) is 22.3 Å². The van der Waals surface area contributed by atoms with Crippen LogP contribution >= 0.6 is 0 Å². The number of amides is 1. The topological polar surface area (TPSA) is 84.9 Å². The van der Waals surface area contributed by atoms with Gasteiger partial charge in [0.15, 0.2) is 0 Å². The molecule has 0 radical (unpaired) electrons. The van der Waals surface area contributed by atoms with Gasteiger partial charge in [-0.05, 0) is 43.2 Å². The van der Waals surface area contributed by atoms with E-state index < -0.39 is 15.9 Å². The highest BCUT2D eigenvalue weighted by atomic mass is 32.2. The van der Waals surface area contributed by atoms with Crippen LogP contribution in [0.25, 0.3) is 0 Å². The molecule has 1 aliphatic rings. The van der Waals surface area contributed by atoms with E-state index in [0.29, 0.717) is 32.8 Å². The van der Waals surface area contributed by atoms with Gasteiger partial charge in [-0.15, -0.1) is 0 Å². The first kappa shape index (κ1) is 21.3. The van der Waals surface area contributed by atoms with Gasteiger partial charge >= 0.3 is 0 Å². The van der Waals surface area contributed by atoms with E-state index >= 15 is 0 Å². The summed E-state index contributed by atoms with van der Waals surface area (Å²) in [5.74, 6) is 0.381. The van der Waals surface area contributed by atoms with E-state index in [0.717, 1.165) is 11.3 Å². The average molecular weight is 419 g/mol. The molecule has 0 bridgehead atoms. The Morgan fingerprint density at radius 1 is 1.14 bits per heavy atom. The normalized spacial score (nSPS) is 15.1. The fourth-order valence-corrected chi connectivity index (χ4v) is 4.67. The molecule has 1 saturated heterocycles. The standard InChI is InChI=1S/C21H26N2O5S/c1-17-6-4-7-18(16-17)28-13-5-10-22-21(24)19-8-2-3-9-20(19)29(25,26)23-11-14-27-15-12-23/h2-4,6-9,16H,5,10-15H2,1H3,(H,22,24). The number of hydrogen-bond acceptors (Lipinski definition) is 5. The quantitative estimate of drug-likeness (QED) is 0.665. The fourth-order valence-electron chi connectivity index (χ4n) is 3.07. The molecule has 0 aromatic heterocycles. The molecule has 8 heteroatoms.